The Bertz CT molecular complexity index is 463. The molecule has 2 rings (SSSR count). The van der Waals surface area contributed by atoms with E-state index in [1.165, 1.54) is 0 Å². The van der Waals surface area contributed by atoms with E-state index in [-0.39, 0.29) is 0 Å². The number of aromatic amines is 1. The zero-order valence-corrected chi connectivity index (χ0v) is 7.56. The van der Waals surface area contributed by atoms with Crippen molar-refractivity contribution in [3.8, 4) is 11.4 Å². The van der Waals surface area contributed by atoms with Crippen LogP contribution in [0.4, 0.5) is 0 Å². The number of imidazole rings is 1. The average molecular weight is 188 g/mol. The summed E-state index contributed by atoms with van der Waals surface area (Å²) in [6.07, 6.45) is 5.45. The van der Waals surface area contributed by atoms with Crippen LogP contribution in [-0.2, 0) is 0 Å². The molecular weight excluding hydrogens is 180 g/mol. The van der Waals surface area contributed by atoms with Crippen molar-refractivity contribution >= 4 is 6.29 Å². The van der Waals surface area contributed by atoms with Crippen molar-refractivity contribution in [1.29, 1.82) is 0 Å². The fourth-order valence-corrected chi connectivity index (χ4v) is 1.19. The van der Waals surface area contributed by atoms with Crippen molar-refractivity contribution in [3.63, 3.8) is 0 Å². The number of carbonyl (C=O) groups is 1. The number of aromatic nitrogens is 4. The molecule has 1 N–H and O–H groups in total. The van der Waals surface area contributed by atoms with Crippen LogP contribution in [-0.4, -0.2) is 26.2 Å². The molecule has 5 heteroatoms. The van der Waals surface area contributed by atoms with Crippen molar-refractivity contribution < 1.29 is 4.79 Å². The molecule has 0 aliphatic carbocycles. The highest BCUT2D eigenvalue weighted by Crippen LogP contribution is 2.15. The maximum absolute atomic E-state index is 10.4. The van der Waals surface area contributed by atoms with Gasteiger partial charge in [0, 0.05) is 12.4 Å². The number of H-pyrrole nitrogens is 1. The van der Waals surface area contributed by atoms with Gasteiger partial charge in [0.05, 0.1) is 17.6 Å². The SMILES string of the molecule is Cc1nccnc1-c1cnc(C=O)[nH]1. The van der Waals surface area contributed by atoms with E-state index in [0.29, 0.717) is 23.5 Å². The van der Waals surface area contributed by atoms with E-state index in [2.05, 4.69) is 19.9 Å². The molecule has 0 radical (unpaired) electrons. The number of aryl methyl sites for hydroxylation is 1. The first-order valence-electron chi connectivity index (χ1n) is 4.09. The van der Waals surface area contributed by atoms with E-state index >= 15 is 0 Å². The monoisotopic (exact) mass is 188 g/mol. The Kier molecular flexibility index (Phi) is 2.06. The lowest BCUT2D eigenvalue weighted by Crippen LogP contribution is -1.91. The lowest BCUT2D eigenvalue weighted by Gasteiger charge is -1.98. The van der Waals surface area contributed by atoms with Crippen molar-refractivity contribution in [2.24, 2.45) is 0 Å². The van der Waals surface area contributed by atoms with Crippen LogP contribution in [0.2, 0.25) is 0 Å². The standard InChI is InChI=1S/C9H8N4O/c1-6-9(11-3-2-10-6)7-4-12-8(5-14)13-7/h2-5H,1H3,(H,12,13). The molecule has 0 bridgehead atoms. The highest BCUT2D eigenvalue weighted by Gasteiger charge is 2.06. The summed E-state index contributed by atoms with van der Waals surface area (Å²) < 4.78 is 0. The molecule has 14 heavy (non-hydrogen) atoms. The van der Waals surface area contributed by atoms with Crippen LogP contribution in [0.1, 0.15) is 16.3 Å². The molecular formula is C9H8N4O. The van der Waals surface area contributed by atoms with Crippen LogP contribution >= 0.6 is 0 Å². The fraction of sp³-hybridized carbons (Fsp3) is 0.111. The van der Waals surface area contributed by atoms with Gasteiger partial charge in [-0.2, -0.15) is 0 Å². The molecule has 2 heterocycles. The number of hydrogen-bond acceptors (Lipinski definition) is 4. The molecule has 0 amide bonds. The summed E-state index contributed by atoms with van der Waals surface area (Å²) in [4.78, 5) is 25.3. The van der Waals surface area contributed by atoms with Gasteiger partial charge in [-0.15, -0.1) is 0 Å². The molecule has 0 unspecified atom stereocenters. The highest BCUT2D eigenvalue weighted by molar-refractivity contribution is 5.71. The fourth-order valence-electron chi connectivity index (χ4n) is 1.19. The van der Waals surface area contributed by atoms with Crippen molar-refractivity contribution in [2.75, 3.05) is 0 Å². The summed E-state index contributed by atoms with van der Waals surface area (Å²) in [6, 6.07) is 0. The Labute approximate surface area is 80.2 Å². The van der Waals surface area contributed by atoms with Gasteiger partial charge in [0.15, 0.2) is 12.1 Å². The average Bonchev–Trinajstić information content (AvgIpc) is 2.67. The van der Waals surface area contributed by atoms with Gasteiger partial charge in [0.2, 0.25) is 0 Å². The second-order valence-corrected chi connectivity index (χ2v) is 2.79. The van der Waals surface area contributed by atoms with E-state index < -0.39 is 0 Å². The summed E-state index contributed by atoms with van der Waals surface area (Å²) >= 11 is 0. The smallest absolute Gasteiger partial charge is 0.185 e. The quantitative estimate of drug-likeness (QED) is 0.713. The maximum atomic E-state index is 10.4. The number of aldehydes is 1. The number of carbonyl (C=O) groups excluding carboxylic acids is 1. The van der Waals surface area contributed by atoms with Crippen LogP contribution in [0.15, 0.2) is 18.6 Å². The first-order valence-corrected chi connectivity index (χ1v) is 4.09. The minimum absolute atomic E-state index is 0.296. The van der Waals surface area contributed by atoms with E-state index in [1.807, 2.05) is 6.92 Å². The molecule has 2 aromatic rings. The van der Waals surface area contributed by atoms with Gasteiger partial charge in [-0.1, -0.05) is 0 Å². The first kappa shape index (κ1) is 8.55. The lowest BCUT2D eigenvalue weighted by atomic mass is 10.2. The van der Waals surface area contributed by atoms with Crippen molar-refractivity contribution in [2.45, 2.75) is 6.92 Å². The minimum atomic E-state index is 0.296. The van der Waals surface area contributed by atoms with E-state index in [9.17, 15) is 4.79 Å². The predicted octanol–water partition coefficient (Wildman–Crippen LogP) is 0.988. The third-order valence-electron chi connectivity index (χ3n) is 1.84. The third kappa shape index (κ3) is 1.39. The number of hydrogen-bond donors (Lipinski definition) is 1. The van der Waals surface area contributed by atoms with Gasteiger partial charge >= 0.3 is 0 Å². The zero-order chi connectivity index (χ0) is 9.97. The van der Waals surface area contributed by atoms with E-state index in [0.717, 1.165) is 5.69 Å². The molecule has 0 saturated heterocycles. The van der Waals surface area contributed by atoms with Crippen LogP contribution in [0.5, 0.6) is 0 Å². The highest BCUT2D eigenvalue weighted by atomic mass is 16.1. The van der Waals surface area contributed by atoms with Gasteiger partial charge in [-0.05, 0) is 6.92 Å². The zero-order valence-electron chi connectivity index (χ0n) is 7.56. The van der Waals surface area contributed by atoms with Crippen LogP contribution < -0.4 is 0 Å². The Morgan fingerprint density at radius 1 is 1.29 bits per heavy atom. The van der Waals surface area contributed by atoms with Gasteiger partial charge in [0.25, 0.3) is 0 Å². The number of rotatable bonds is 2. The minimum Gasteiger partial charge on any atom is -0.334 e. The maximum Gasteiger partial charge on any atom is 0.185 e. The van der Waals surface area contributed by atoms with Crippen LogP contribution in [0, 0.1) is 6.92 Å². The molecule has 0 spiro atoms. The number of nitrogens with zero attached hydrogens (tertiary/aromatic N) is 3. The van der Waals surface area contributed by atoms with Crippen molar-refractivity contribution in [1.82, 2.24) is 19.9 Å². The lowest BCUT2D eigenvalue weighted by molar-refractivity contribution is 0.111. The Morgan fingerprint density at radius 2 is 2.07 bits per heavy atom. The summed E-state index contributed by atoms with van der Waals surface area (Å²) in [5, 5.41) is 0. The summed E-state index contributed by atoms with van der Waals surface area (Å²) in [5.74, 6) is 0.296. The summed E-state index contributed by atoms with van der Waals surface area (Å²) in [6.45, 7) is 1.85. The molecule has 0 aliphatic heterocycles. The van der Waals surface area contributed by atoms with E-state index in [4.69, 9.17) is 0 Å². The molecule has 0 aliphatic rings. The van der Waals surface area contributed by atoms with Crippen LogP contribution in [0.3, 0.4) is 0 Å². The van der Waals surface area contributed by atoms with E-state index in [1.54, 1.807) is 18.6 Å². The first-order chi connectivity index (χ1) is 6.81. The number of nitrogens with one attached hydrogen (secondary N) is 1. The molecule has 0 fully saturated rings. The van der Waals surface area contributed by atoms with Gasteiger partial charge < -0.3 is 4.98 Å². The molecule has 0 saturated carbocycles. The summed E-state index contributed by atoms with van der Waals surface area (Å²) in [5.41, 5.74) is 2.22. The molecule has 2 aromatic heterocycles. The molecule has 0 aromatic carbocycles. The Balaban J connectivity index is 2.49. The Hall–Kier alpha value is -2.04. The topological polar surface area (TPSA) is 71.5 Å². The van der Waals surface area contributed by atoms with Gasteiger partial charge in [0.1, 0.15) is 5.69 Å². The summed E-state index contributed by atoms with van der Waals surface area (Å²) in [7, 11) is 0. The second-order valence-electron chi connectivity index (χ2n) is 2.79. The second kappa shape index (κ2) is 3.37. The largest absolute Gasteiger partial charge is 0.334 e. The van der Waals surface area contributed by atoms with Crippen molar-refractivity contribution in [3.05, 3.63) is 30.1 Å². The van der Waals surface area contributed by atoms with Crippen LogP contribution in [0.25, 0.3) is 11.4 Å². The van der Waals surface area contributed by atoms with Gasteiger partial charge in [-0.3, -0.25) is 14.8 Å². The normalized spacial score (nSPS) is 10.1. The van der Waals surface area contributed by atoms with Gasteiger partial charge in [-0.25, -0.2) is 4.98 Å². The molecule has 70 valence electrons. The Morgan fingerprint density at radius 3 is 2.71 bits per heavy atom. The predicted molar refractivity (Wildman–Crippen MR) is 49.7 cm³/mol. The molecule has 0 atom stereocenters. The molecule has 5 nitrogen and oxygen atoms in total. The third-order valence-corrected chi connectivity index (χ3v) is 1.84.